The fourth-order valence-corrected chi connectivity index (χ4v) is 3.26. The van der Waals surface area contributed by atoms with Crippen molar-refractivity contribution in [1.82, 2.24) is 4.90 Å². The summed E-state index contributed by atoms with van der Waals surface area (Å²) in [4.78, 5) is 11.7. The van der Waals surface area contributed by atoms with Gasteiger partial charge in [-0.3, -0.25) is 10.1 Å². The molecule has 1 saturated heterocycles. The number of hydrogen-bond donors (Lipinski definition) is 1. The van der Waals surface area contributed by atoms with Crippen molar-refractivity contribution in [2.45, 2.75) is 29.7 Å². The highest BCUT2D eigenvalue weighted by atomic mass is 32.2. The molecule has 2 atom stereocenters. The van der Waals surface area contributed by atoms with Gasteiger partial charge in [0, 0.05) is 19.2 Å². The summed E-state index contributed by atoms with van der Waals surface area (Å²) in [5.74, 6) is -3.64. The van der Waals surface area contributed by atoms with Crippen LogP contribution in [0.1, 0.15) is 6.92 Å². The monoisotopic (exact) mass is 379 g/mol. The van der Waals surface area contributed by atoms with Gasteiger partial charge in [-0.05, 0) is 26.1 Å². The van der Waals surface area contributed by atoms with Crippen LogP contribution in [-0.4, -0.2) is 62.9 Å². The number of rotatable bonds is 6. The van der Waals surface area contributed by atoms with Crippen molar-refractivity contribution in [3.63, 3.8) is 0 Å². The number of sulfone groups is 1. The van der Waals surface area contributed by atoms with E-state index in [0.29, 0.717) is 19.2 Å². The van der Waals surface area contributed by atoms with Crippen molar-refractivity contribution in [2.24, 2.45) is 0 Å². The number of nitrogens with one attached hydrogen (secondary N) is 1. The van der Waals surface area contributed by atoms with Crippen molar-refractivity contribution in [3.05, 3.63) is 28.3 Å². The Bertz CT molecular complexity index is 744. The van der Waals surface area contributed by atoms with Gasteiger partial charge in [0.25, 0.3) is 5.69 Å². The van der Waals surface area contributed by atoms with Crippen LogP contribution >= 0.6 is 0 Å². The molecule has 140 valence electrons. The average Bonchev–Trinajstić information content (AvgIpc) is 2.54. The average molecular weight is 379 g/mol. The van der Waals surface area contributed by atoms with Crippen molar-refractivity contribution in [1.29, 1.82) is 0 Å². The van der Waals surface area contributed by atoms with Gasteiger partial charge in [-0.25, -0.2) is 8.42 Å². The Labute approximate surface area is 143 Å². The molecule has 2 unspecified atom stereocenters. The fourth-order valence-electron chi connectivity index (χ4n) is 2.52. The third-order valence-electron chi connectivity index (χ3n) is 3.97. The number of nitrogens with zero attached hydrogens (tertiary/aromatic N) is 2. The van der Waals surface area contributed by atoms with E-state index in [1.165, 1.54) is 0 Å². The highest BCUT2D eigenvalue weighted by molar-refractivity contribution is 7.91. The molecule has 1 aromatic carbocycles. The summed E-state index contributed by atoms with van der Waals surface area (Å²) in [7, 11) is -2.98. The van der Waals surface area contributed by atoms with Gasteiger partial charge >= 0.3 is 5.76 Å². The predicted molar refractivity (Wildman–Crippen MR) is 86.6 cm³/mol. The van der Waals surface area contributed by atoms with Gasteiger partial charge in [0.05, 0.1) is 28.6 Å². The molecule has 1 aliphatic heterocycles. The number of hydrogen-bond acceptors (Lipinski definition) is 7. The van der Waals surface area contributed by atoms with Crippen molar-refractivity contribution in [3.8, 4) is 0 Å². The standard InChI is InChI=1S/C14H19F2N3O5S/c1-9(13-8-18(2)5-6-24-13)17-11-4-3-10(7-12(11)19(20)21)25(22,23)14(15)16/h3-4,7,9,13-14,17H,5-6,8H2,1-2H3. The summed E-state index contributed by atoms with van der Waals surface area (Å²) in [5, 5.41) is 14.1. The van der Waals surface area contributed by atoms with Crippen molar-refractivity contribution < 1.29 is 26.9 Å². The molecule has 0 bridgehead atoms. The van der Waals surface area contributed by atoms with Crippen LogP contribution in [-0.2, 0) is 14.6 Å². The van der Waals surface area contributed by atoms with E-state index in [1.807, 2.05) is 7.05 Å². The van der Waals surface area contributed by atoms with Crippen molar-refractivity contribution in [2.75, 3.05) is 32.1 Å². The molecule has 0 saturated carbocycles. The number of anilines is 1. The number of likely N-dealkylation sites (N-methyl/N-ethyl adjacent to an activating group) is 1. The van der Waals surface area contributed by atoms with E-state index in [0.717, 1.165) is 18.7 Å². The summed E-state index contributed by atoms with van der Waals surface area (Å²) in [6, 6.07) is 2.39. The summed E-state index contributed by atoms with van der Waals surface area (Å²) in [6.07, 6.45) is -0.220. The highest BCUT2D eigenvalue weighted by Crippen LogP contribution is 2.30. The first-order valence-electron chi connectivity index (χ1n) is 7.50. The molecule has 8 nitrogen and oxygen atoms in total. The van der Waals surface area contributed by atoms with Gasteiger partial charge in [-0.15, -0.1) is 0 Å². The molecular formula is C14H19F2N3O5S. The van der Waals surface area contributed by atoms with E-state index in [4.69, 9.17) is 4.74 Å². The third-order valence-corrected chi connectivity index (χ3v) is 5.35. The second-order valence-corrected chi connectivity index (χ2v) is 7.76. The van der Waals surface area contributed by atoms with E-state index in [-0.39, 0.29) is 17.8 Å². The maximum absolute atomic E-state index is 12.6. The second kappa shape index (κ2) is 7.58. The predicted octanol–water partition coefficient (Wildman–Crippen LogP) is 1.72. The first-order valence-corrected chi connectivity index (χ1v) is 9.04. The number of morpholine rings is 1. The lowest BCUT2D eigenvalue weighted by Gasteiger charge is -2.34. The van der Waals surface area contributed by atoms with Crippen molar-refractivity contribution >= 4 is 21.2 Å². The molecule has 0 amide bonds. The topological polar surface area (TPSA) is 102 Å². The van der Waals surface area contributed by atoms with E-state index in [2.05, 4.69) is 10.2 Å². The minimum absolute atomic E-state index is 0.0440. The molecule has 1 heterocycles. The van der Waals surface area contributed by atoms with Crippen LogP contribution in [0.4, 0.5) is 20.2 Å². The highest BCUT2D eigenvalue weighted by Gasteiger charge is 2.30. The molecule has 1 N–H and O–H groups in total. The number of nitro groups is 1. The molecule has 0 radical (unpaired) electrons. The summed E-state index contributed by atoms with van der Waals surface area (Å²) in [5.41, 5.74) is -0.541. The molecule has 2 rings (SSSR count). The number of alkyl halides is 2. The smallest absolute Gasteiger partial charge is 0.341 e. The van der Waals surface area contributed by atoms with E-state index >= 15 is 0 Å². The molecule has 0 aliphatic carbocycles. The van der Waals surface area contributed by atoms with Crippen LogP contribution in [0.5, 0.6) is 0 Å². The van der Waals surface area contributed by atoms with Gasteiger partial charge in [0.1, 0.15) is 5.69 Å². The molecule has 25 heavy (non-hydrogen) atoms. The minimum atomic E-state index is -4.90. The quantitative estimate of drug-likeness (QED) is 0.593. The number of ether oxygens (including phenoxy) is 1. The molecule has 1 aromatic rings. The number of halogens is 2. The van der Waals surface area contributed by atoms with E-state index in [9.17, 15) is 27.3 Å². The molecule has 1 aliphatic rings. The maximum atomic E-state index is 12.6. The largest absolute Gasteiger partial charge is 0.374 e. The van der Waals surface area contributed by atoms with Crippen LogP contribution in [0.2, 0.25) is 0 Å². The Kier molecular flexibility index (Phi) is 5.91. The zero-order valence-corrected chi connectivity index (χ0v) is 14.5. The third kappa shape index (κ3) is 4.41. The van der Waals surface area contributed by atoms with Crippen LogP contribution < -0.4 is 5.32 Å². The molecule has 1 fully saturated rings. The Balaban J connectivity index is 2.27. The summed E-state index contributed by atoms with van der Waals surface area (Å²) < 4.78 is 53.9. The Morgan fingerprint density at radius 2 is 2.12 bits per heavy atom. The number of nitro benzene ring substituents is 1. The SMILES string of the molecule is CC(Nc1ccc(S(=O)(=O)C(F)F)cc1[N+](=O)[O-])C1CN(C)CCO1. The lowest BCUT2D eigenvalue weighted by Crippen LogP contribution is -2.47. The Morgan fingerprint density at radius 1 is 1.44 bits per heavy atom. The Morgan fingerprint density at radius 3 is 2.68 bits per heavy atom. The number of benzene rings is 1. The van der Waals surface area contributed by atoms with Crippen LogP contribution in [0.15, 0.2) is 23.1 Å². The fraction of sp³-hybridized carbons (Fsp3) is 0.571. The van der Waals surface area contributed by atoms with Gasteiger partial charge in [-0.2, -0.15) is 8.78 Å². The summed E-state index contributed by atoms with van der Waals surface area (Å²) in [6.45, 7) is 3.71. The lowest BCUT2D eigenvalue weighted by atomic mass is 10.1. The lowest BCUT2D eigenvalue weighted by molar-refractivity contribution is -0.384. The van der Waals surface area contributed by atoms with Gasteiger partial charge in [-0.1, -0.05) is 0 Å². The first-order chi connectivity index (χ1) is 11.6. The van der Waals surface area contributed by atoms with Gasteiger partial charge < -0.3 is 15.0 Å². The first kappa shape index (κ1) is 19.5. The molecule has 0 spiro atoms. The zero-order valence-electron chi connectivity index (χ0n) is 13.7. The van der Waals surface area contributed by atoms with Crippen LogP contribution in [0, 0.1) is 10.1 Å². The zero-order chi connectivity index (χ0) is 18.8. The van der Waals surface area contributed by atoms with Crippen LogP contribution in [0.3, 0.4) is 0 Å². The summed E-state index contributed by atoms with van der Waals surface area (Å²) >= 11 is 0. The second-order valence-electron chi connectivity index (χ2n) is 5.85. The van der Waals surface area contributed by atoms with Crippen LogP contribution in [0.25, 0.3) is 0 Å². The van der Waals surface area contributed by atoms with E-state index in [1.54, 1.807) is 6.92 Å². The normalized spacial score (nSPS) is 20.4. The Hall–Kier alpha value is -1.85. The van der Waals surface area contributed by atoms with E-state index < -0.39 is 31.1 Å². The molecule has 0 aromatic heterocycles. The maximum Gasteiger partial charge on any atom is 0.341 e. The van der Waals surface area contributed by atoms with Gasteiger partial charge in [0.2, 0.25) is 9.84 Å². The minimum Gasteiger partial charge on any atom is -0.374 e. The molecule has 11 heteroatoms. The van der Waals surface area contributed by atoms with Gasteiger partial charge in [0.15, 0.2) is 0 Å². The molecular weight excluding hydrogens is 360 g/mol.